The molecule has 7 aromatic rings. The summed E-state index contributed by atoms with van der Waals surface area (Å²) in [5.74, 6) is -1.29. The second-order valence-electron chi connectivity index (χ2n) is 9.87. The van der Waals surface area contributed by atoms with Crippen LogP contribution in [0.3, 0.4) is 0 Å². The molecule has 10 heteroatoms. The lowest BCUT2D eigenvalue weighted by Crippen LogP contribution is -2.03. The van der Waals surface area contributed by atoms with Gasteiger partial charge in [-0.3, -0.25) is 0 Å². The largest absolute Gasteiger partial charge is 0.241 e. The first kappa shape index (κ1) is 26.0. The van der Waals surface area contributed by atoms with Crippen LogP contribution in [0.1, 0.15) is 11.1 Å². The van der Waals surface area contributed by atoms with E-state index in [9.17, 15) is 19.3 Å². The van der Waals surface area contributed by atoms with E-state index in [0.717, 1.165) is 0 Å². The van der Waals surface area contributed by atoms with Crippen LogP contribution in [0, 0.1) is 57.2 Å². The minimum absolute atomic E-state index is 0.0664. The van der Waals surface area contributed by atoms with Crippen LogP contribution < -0.4 is 10.7 Å². The zero-order chi connectivity index (χ0) is 30.5. The first-order valence-corrected chi connectivity index (χ1v) is 13.0. The summed E-state index contributed by atoms with van der Waals surface area (Å²) in [6, 6.07) is 22.9. The molecule has 0 aliphatic heterocycles. The Morgan fingerprint density at radius 2 is 0.864 bits per heavy atom. The summed E-state index contributed by atoms with van der Waals surface area (Å²) in [6.45, 7) is 0. The van der Waals surface area contributed by atoms with Gasteiger partial charge >= 0.3 is 0 Å². The summed E-state index contributed by atoms with van der Waals surface area (Å²) in [6.07, 6.45) is 3.67. The van der Waals surface area contributed by atoms with Crippen LogP contribution in [0.2, 0.25) is 0 Å². The molecule has 1 heterocycles. The fourth-order valence-electron chi connectivity index (χ4n) is 5.55. The highest BCUT2D eigenvalue weighted by atomic mass is 19.1. The van der Waals surface area contributed by atoms with Crippen molar-refractivity contribution in [3.05, 3.63) is 106 Å². The molecule has 0 radical (unpaired) electrons. The Hall–Kier alpha value is -6.88. The third-order valence-electron chi connectivity index (χ3n) is 7.57. The van der Waals surface area contributed by atoms with Crippen LogP contribution in [-0.4, -0.2) is 9.97 Å². The van der Waals surface area contributed by atoms with Crippen molar-refractivity contribution in [3.8, 4) is 46.8 Å². The number of rotatable bonds is 2. The molecule has 44 heavy (non-hydrogen) atoms. The van der Waals surface area contributed by atoms with Gasteiger partial charge < -0.3 is 0 Å². The molecule has 0 amide bonds. The van der Waals surface area contributed by atoms with Crippen LogP contribution >= 0.6 is 0 Å². The molecule has 0 atom stereocenters. The van der Waals surface area contributed by atoms with Crippen molar-refractivity contribution in [3.63, 3.8) is 0 Å². The number of benzene rings is 4. The average Bonchev–Trinajstić information content (AvgIpc) is 3.51. The summed E-state index contributed by atoms with van der Waals surface area (Å²) < 4.78 is 28.8. The Labute approximate surface area is 246 Å². The number of fused-ring (bicyclic) bond motifs is 6. The maximum Gasteiger partial charge on any atom is 0.206 e. The van der Waals surface area contributed by atoms with Crippen LogP contribution in [0.4, 0.5) is 8.78 Å². The van der Waals surface area contributed by atoms with Crippen molar-refractivity contribution in [2.45, 2.75) is 0 Å². The summed E-state index contributed by atoms with van der Waals surface area (Å²) in [5.41, 5.74) is 3.84. The standard InChI is InChI=1S/C34H12F2N8/c35-27-11-19(1-3-21(27)13-37)17-5-7-23-25(9-17)29(41-15-39)33-31(23)43-34-30(42-16-40)26-10-18(6-8-24(26)32(34)44-33)20-2-4-22(14-38)28(36)12-20/h1-12H. The topological polar surface area (TPSA) is 146 Å². The molecule has 7 rings (SSSR count). The summed E-state index contributed by atoms with van der Waals surface area (Å²) in [4.78, 5) is 17.9. The van der Waals surface area contributed by atoms with Gasteiger partial charge in [0.2, 0.25) is 12.4 Å². The van der Waals surface area contributed by atoms with Gasteiger partial charge in [0.25, 0.3) is 0 Å². The summed E-state index contributed by atoms with van der Waals surface area (Å²) >= 11 is 0. The number of hydrogen-bond donors (Lipinski definition) is 0. The first-order valence-electron chi connectivity index (χ1n) is 13.0. The van der Waals surface area contributed by atoms with Gasteiger partial charge in [-0.15, -0.1) is 0 Å². The molecule has 8 nitrogen and oxygen atoms in total. The van der Waals surface area contributed by atoms with E-state index in [1.54, 1.807) is 48.5 Å². The van der Waals surface area contributed by atoms with Crippen molar-refractivity contribution < 1.29 is 8.78 Å². The number of aromatic nitrogens is 2. The number of halogens is 2. The van der Waals surface area contributed by atoms with Gasteiger partial charge in [-0.2, -0.15) is 31.0 Å². The molecule has 0 spiro atoms. The van der Waals surface area contributed by atoms with E-state index >= 15 is 0 Å². The van der Waals surface area contributed by atoms with Crippen LogP contribution in [0.25, 0.3) is 65.9 Å². The molecule has 1 aromatic heterocycles. The summed E-state index contributed by atoms with van der Waals surface area (Å²) in [5, 5.41) is 40.3. The zero-order valence-corrected chi connectivity index (χ0v) is 22.3. The Morgan fingerprint density at radius 3 is 1.23 bits per heavy atom. The minimum Gasteiger partial charge on any atom is -0.241 e. The van der Waals surface area contributed by atoms with Crippen molar-refractivity contribution in [2.75, 3.05) is 0 Å². The molecule has 0 unspecified atom stereocenters. The lowest BCUT2D eigenvalue weighted by atomic mass is 10.0. The number of nitriles is 4. The van der Waals surface area contributed by atoms with E-state index in [1.807, 2.05) is 24.5 Å². The highest BCUT2D eigenvalue weighted by molar-refractivity contribution is 6.15. The SMILES string of the molecule is N#CN=c1c2cc(-c3ccc(C#N)c(F)c3)ccc2c2nc3c(=NC#N)c4cc(-c5ccc(C#N)c(F)c5)ccc4c3nc12. The number of nitrogens with zero attached hydrogens (tertiary/aromatic N) is 8. The van der Waals surface area contributed by atoms with E-state index in [2.05, 4.69) is 9.98 Å². The highest BCUT2D eigenvalue weighted by Gasteiger charge is 2.19. The normalized spacial score (nSPS) is 12.0. The van der Waals surface area contributed by atoms with E-state index in [0.29, 0.717) is 76.6 Å². The summed E-state index contributed by atoms with van der Waals surface area (Å²) in [7, 11) is 0. The van der Waals surface area contributed by atoms with Crippen LogP contribution in [-0.2, 0) is 0 Å². The van der Waals surface area contributed by atoms with Crippen molar-refractivity contribution in [2.24, 2.45) is 9.98 Å². The fraction of sp³-hybridized carbons (Fsp3) is 0. The molecule has 0 aliphatic carbocycles. The molecule has 6 aromatic carbocycles. The monoisotopic (exact) mass is 570 g/mol. The van der Waals surface area contributed by atoms with E-state index < -0.39 is 11.6 Å². The van der Waals surface area contributed by atoms with Gasteiger partial charge in [0, 0.05) is 21.5 Å². The lowest BCUT2D eigenvalue weighted by molar-refractivity contribution is 0.624. The smallest absolute Gasteiger partial charge is 0.206 e. The molecule has 0 N–H and O–H groups in total. The van der Waals surface area contributed by atoms with E-state index in [-0.39, 0.29) is 11.1 Å². The van der Waals surface area contributed by atoms with Gasteiger partial charge in [0.15, 0.2) is 0 Å². The van der Waals surface area contributed by atoms with E-state index in [1.165, 1.54) is 24.3 Å². The number of hydrogen-bond acceptors (Lipinski definition) is 8. The minimum atomic E-state index is -0.644. The van der Waals surface area contributed by atoms with Gasteiger partial charge in [0.1, 0.15) is 45.5 Å². The Kier molecular flexibility index (Phi) is 5.85. The molecular weight excluding hydrogens is 558 g/mol. The van der Waals surface area contributed by atoms with Gasteiger partial charge in [-0.25, -0.2) is 18.7 Å². The highest BCUT2D eigenvalue weighted by Crippen LogP contribution is 2.32. The van der Waals surface area contributed by atoms with Gasteiger partial charge in [-0.05, 0) is 58.7 Å². The predicted molar refractivity (Wildman–Crippen MR) is 157 cm³/mol. The molecule has 0 aliphatic rings. The molecule has 0 saturated carbocycles. The Balaban J connectivity index is 1.50. The third-order valence-corrected chi connectivity index (χ3v) is 7.57. The van der Waals surface area contributed by atoms with Gasteiger partial charge in [0.05, 0.1) is 22.2 Å². The lowest BCUT2D eigenvalue weighted by Gasteiger charge is -2.03. The quantitative estimate of drug-likeness (QED) is 0.230. The van der Waals surface area contributed by atoms with E-state index in [4.69, 9.17) is 20.5 Å². The van der Waals surface area contributed by atoms with Crippen molar-refractivity contribution in [1.82, 2.24) is 9.97 Å². The third kappa shape index (κ3) is 3.84. The molecule has 0 bridgehead atoms. The average molecular weight is 571 g/mol. The fourth-order valence-corrected chi connectivity index (χ4v) is 5.55. The van der Waals surface area contributed by atoms with Crippen molar-refractivity contribution in [1.29, 1.82) is 21.0 Å². The zero-order valence-electron chi connectivity index (χ0n) is 22.3. The Bertz CT molecular complexity index is 2500. The van der Waals surface area contributed by atoms with Crippen LogP contribution in [0.5, 0.6) is 0 Å². The molecular formula is C34H12F2N8. The first-order chi connectivity index (χ1) is 21.4. The molecule has 202 valence electrons. The second-order valence-corrected chi connectivity index (χ2v) is 9.87. The maximum absolute atomic E-state index is 14.4. The molecule has 0 fully saturated rings. The van der Waals surface area contributed by atoms with Gasteiger partial charge in [-0.1, -0.05) is 36.4 Å². The molecule has 0 saturated heterocycles. The second kappa shape index (κ2) is 9.89. The predicted octanol–water partition coefficient (Wildman–Crippen LogP) is 6.08. The Morgan fingerprint density at radius 1 is 0.477 bits per heavy atom. The maximum atomic E-state index is 14.4. The van der Waals surface area contributed by atoms with Crippen molar-refractivity contribution >= 4 is 43.6 Å². The van der Waals surface area contributed by atoms with Crippen LogP contribution in [0.15, 0.2) is 82.8 Å².